The number of thiazole rings is 1. The molecule has 0 saturated carbocycles. The quantitative estimate of drug-likeness (QED) is 0.728. The average molecular weight is 343 g/mol. The molecule has 1 aromatic heterocycles. The normalized spacial score (nSPS) is 10.5. The van der Waals surface area contributed by atoms with Crippen molar-refractivity contribution in [2.24, 2.45) is 0 Å². The number of hydrogen-bond donors (Lipinski definition) is 1. The van der Waals surface area contributed by atoms with Gasteiger partial charge in [-0.05, 0) is 42.8 Å². The number of nitrogens with one attached hydrogen (secondary N) is 1. The second kappa shape index (κ2) is 6.94. The minimum absolute atomic E-state index is 0.0871. The minimum atomic E-state index is -0.0871. The van der Waals surface area contributed by atoms with Crippen molar-refractivity contribution in [2.45, 2.75) is 13.3 Å². The van der Waals surface area contributed by atoms with Gasteiger partial charge in [-0.2, -0.15) is 0 Å². The van der Waals surface area contributed by atoms with Crippen LogP contribution in [0.25, 0.3) is 10.6 Å². The number of benzene rings is 2. The Kier molecular flexibility index (Phi) is 4.74. The van der Waals surface area contributed by atoms with Crippen LogP contribution < -0.4 is 5.32 Å². The van der Waals surface area contributed by atoms with E-state index in [1.165, 1.54) is 4.88 Å². The number of hydrogen-bond acceptors (Lipinski definition) is 3. The van der Waals surface area contributed by atoms with Gasteiger partial charge in [-0.1, -0.05) is 29.8 Å². The molecule has 3 aromatic rings. The van der Waals surface area contributed by atoms with Crippen molar-refractivity contribution in [2.75, 3.05) is 5.32 Å². The van der Waals surface area contributed by atoms with Gasteiger partial charge in [0.2, 0.25) is 5.91 Å². The number of aromatic nitrogens is 1. The van der Waals surface area contributed by atoms with Crippen molar-refractivity contribution >= 4 is 34.5 Å². The topological polar surface area (TPSA) is 42.0 Å². The molecular formula is C18H15ClN2OS. The van der Waals surface area contributed by atoms with Gasteiger partial charge in [0.25, 0.3) is 0 Å². The fourth-order valence-corrected chi connectivity index (χ4v) is 3.18. The van der Waals surface area contributed by atoms with Crippen LogP contribution in [0, 0.1) is 6.92 Å². The highest BCUT2D eigenvalue weighted by Gasteiger charge is 2.08. The fourth-order valence-electron chi connectivity index (χ4n) is 2.20. The molecule has 1 N–H and O–H groups in total. The lowest BCUT2D eigenvalue weighted by Gasteiger charge is -2.07. The molecule has 0 unspecified atom stereocenters. The lowest BCUT2D eigenvalue weighted by Crippen LogP contribution is -2.14. The van der Waals surface area contributed by atoms with Crippen LogP contribution in [0.4, 0.5) is 5.69 Å². The predicted octanol–water partition coefficient (Wildman–Crippen LogP) is 4.95. The number of aryl methyl sites for hydroxylation is 1. The maximum Gasteiger partial charge on any atom is 0.228 e. The Morgan fingerprint density at radius 1 is 1.17 bits per heavy atom. The van der Waals surface area contributed by atoms with Crippen LogP contribution in [-0.4, -0.2) is 10.9 Å². The molecule has 0 fully saturated rings. The van der Waals surface area contributed by atoms with E-state index < -0.39 is 0 Å². The summed E-state index contributed by atoms with van der Waals surface area (Å²) in [5.74, 6) is -0.0871. The Bertz CT molecular complexity index is 827. The number of halogens is 1. The van der Waals surface area contributed by atoms with Crippen LogP contribution in [0.3, 0.4) is 0 Å². The summed E-state index contributed by atoms with van der Waals surface area (Å²) >= 11 is 7.73. The molecule has 0 aliphatic rings. The molecule has 0 atom stereocenters. The Labute approximate surface area is 144 Å². The van der Waals surface area contributed by atoms with E-state index in [2.05, 4.69) is 10.3 Å². The van der Waals surface area contributed by atoms with Crippen molar-refractivity contribution in [3.63, 3.8) is 0 Å². The molecule has 0 aliphatic heterocycles. The minimum Gasteiger partial charge on any atom is -0.326 e. The van der Waals surface area contributed by atoms with Gasteiger partial charge < -0.3 is 5.32 Å². The van der Waals surface area contributed by atoms with Gasteiger partial charge in [-0.15, -0.1) is 11.3 Å². The van der Waals surface area contributed by atoms with E-state index in [-0.39, 0.29) is 12.3 Å². The second-order valence-electron chi connectivity index (χ2n) is 5.17. The van der Waals surface area contributed by atoms with E-state index >= 15 is 0 Å². The molecule has 0 saturated heterocycles. The molecule has 0 aliphatic carbocycles. The van der Waals surface area contributed by atoms with E-state index in [1.54, 1.807) is 17.4 Å². The summed E-state index contributed by atoms with van der Waals surface area (Å²) in [6.45, 7) is 2.03. The summed E-state index contributed by atoms with van der Waals surface area (Å²) < 4.78 is 0. The van der Waals surface area contributed by atoms with Crippen molar-refractivity contribution in [3.05, 3.63) is 70.2 Å². The highest BCUT2D eigenvalue weighted by atomic mass is 35.5. The first kappa shape index (κ1) is 15.7. The Balaban J connectivity index is 1.66. The largest absolute Gasteiger partial charge is 0.326 e. The molecule has 1 heterocycles. The zero-order chi connectivity index (χ0) is 16.2. The van der Waals surface area contributed by atoms with Crippen LogP contribution >= 0.6 is 22.9 Å². The number of anilines is 1. The lowest BCUT2D eigenvalue weighted by molar-refractivity contribution is -0.115. The highest BCUT2D eigenvalue weighted by molar-refractivity contribution is 7.14. The van der Waals surface area contributed by atoms with Gasteiger partial charge >= 0.3 is 0 Å². The molecule has 5 heteroatoms. The van der Waals surface area contributed by atoms with Gasteiger partial charge in [0, 0.05) is 27.3 Å². The summed E-state index contributed by atoms with van der Waals surface area (Å²) in [6.07, 6.45) is 2.12. The Hall–Kier alpha value is -2.17. The molecule has 3 rings (SSSR count). The summed E-state index contributed by atoms with van der Waals surface area (Å²) in [7, 11) is 0. The number of amides is 1. The van der Waals surface area contributed by atoms with E-state index in [9.17, 15) is 4.79 Å². The summed E-state index contributed by atoms with van der Waals surface area (Å²) in [5, 5.41) is 4.48. The van der Waals surface area contributed by atoms with Gasteiger partial charge in [-0.3, -0.25) is 4.79 Å². The molecule has 0 bridgehead atoms. The van der Waals surface area contributed by atoms with Gasteiger partial charge in [-0.25, -0.2) is 4.98 Å². The fraction of sp³-hybridized carbons (Fsp3) is 0.111. The Morgan fingerprint density at radius 2 is 1.91 bits per heavy atom. The van der Waals surface area contributed by atoms with Crippen LogP contribution in [0.1, 0.15) is 10.4 Å². The smallest absolute Gasteiger partial charge is 0.228 e. The number of carbonyl (C=O) groups excluding carboxylic acids is 1. The van der Waals surface area contributed by atoms with Crippen molar-refractivity contribution < 1.29 is 4.79 Å². The molecule has 1 amide bonds. The molecule has 2 aromatic carbocycles. The molecule has 0 radical (unpaired) electrons. The van der Waals surface area contributed by atoms with Crippen LogP contribution in [-0.2, 0) is 11.2 Å². The van der Waals surface area contributed by atoms with Crippen molar-refractivity contribution in [3.8, 4) is 10.6 Å². The number of nitrogens with zero attached hydrogens (tertiary/aromatic N) is 1. The van der Waals surface area contributed by atoms with E-state index in [4.69, 9.17) is 11.6 Å². The summed E-state index contributed by atoms with van der Waals surface area (Å²) in [4.78, 5) is 17.6. The second-order valence-corrected chi connectivity index (χ2v) is 6.81. The van der Waals surface area contributed by atoms with E-state index in [0.29, 0.717) is 5.02 Å². The highest BCUT2D eigenvalue weighted by Crippen LogP contribution is 2.26. The Morgan fingerprint density at radius 3 is 2.57 bits per heavy atom. The maximum absolute atomic E-state index is 12.1. The number of rotatable bonds is 4. The molecular weight excluding hydrogens is 328 g/mol. The summed E-state index contributed by atoms with van der Waals surface area (Å²) in [5.41, 5.74) is 2.63. The van der Waals surface area contributed by atoms with Crippen LogP contribution in [0.2, 0.25) is 5.02 Å². The molecule has 116 valence electrons. The lowest BCUT2D eigenvalue weighted by atomic mass is 10.1. The van der Waals surface area contributed by atoms with Crippen molar-refractivity contribution in [1.82, 2.24) is 4.98 Å². The first-order valence-corrected chi connectivity index (χ1v) is 8.37. The van der Waals surface area contributed by atoms with Crippen LogP contribution in [0.5, 0.6) is 0 Å². The van der Waals surface area contributed by atoms with E-state index in [1.807, 2.05) is 55.6 Å². The van der Waals surface area contributed by atoms with Gasteiger partial charge in [0.1, 0.15) is 5.01 Å². The monoisotopic (exact) mass is 342 g/mol. The summed E-state index contributed by atoms with van der Waals surface area (Å²) in [6, 6.07) is 15.1. The average Bonchev–Trinajstić information content (AvgIpc) is 2.97. The zero-order valence-electron chi connectivity index (χ0n) is 12.5. The standard InChI is InChI=1S/C18H15ClN2OS/c1-12-11-20-18(23-12)13-6-8-15(9-7-13)21-17(22)10-14-4-2-3-5-16(14)19/h2-9,11H,10H2,1H3,(H,21,22). The molecule has 0 spiro atoms. The molecule has 23 heavy (non-hydrogen) atoms. The zero-order valence-corrected chi connectivity index (χ0v) is 14.1. The maximum atomic E-state index is 12.1. The van der Waals surface area contributed by atoms with Gasteiger partial charge in [0.05, 0.1) is 6.42 Å². The van der Waals surface area contributed by atoms with E-state index in [0.717, 1.165) is 21.8 Å². The third-order valence-corrected chi connectivity index (χ3v) is 4.68. The van der Waals surface area contributed by atoms with Crippen molar-refractivity contribution in [1.29, 1.82) is 0 Å². The predicted molar refractivity (Wildman–Crippen MR) is 96.1 cm³/mol. The number of carbonyl (C=O) groups is 1. The SMILES string of the molecule is Cc1cnc(-c2ccc(NC(=O)Cc3ccccc3Cl)cc2)s1. The first-order valence-electron chi connectivity index (χ1n) is 7.18. The third-order valence-electron chi connectivity index (χ3n) is 3.35. The molecule has 3 nitrogen and oxygen atoms in total. The third kappa shape index (κ3) is 3.97. The van der Waals surface area contributed by atoms with Crippen LogP contribution in [0.15, 0.2) is 54.7 Å². The van der Waals surface area contributed by atoms with Gasteiger partial charge in [0.15, 0.2) is 0 Å². The first-order chi connectivity index (χ1) is 11.1.